The zero-order valence-corrected chi connectivity index (χ0v) is 10.8. The quantitative estimate of drug-likeness (QED) is 0.840. The summed E-state index contributed by atoms with van der Waals surface area (Å²) < 4.78 is 24.6. The maximum atomic E-state index is 11.1. The largest absolute Gasteiger partial charge is 0.369 e. The van der Waals surface area contributed by atoms with Crippen molar-refractivity contribution in [2.24, 2.45) is 5.73 Å². The van der Waals surface area contributed by atoms with Crippen LogP contribution in [0.3, 0.4) is 0 Å². The average molecular weight is 256 g/mol. The molecule has 0 fully saturated rings. The molecule has 0 aliphatic heterocycles. The molecule has 3 N–H and O–H groups in total. The van der Waals surface area contributed by atoms with Crippen LogP contribution in [0, 0.1) is 6.92 Å². The molecular formula is C11H16N2O3S. The van der Waals surface area contributed by atoms with Crippen molar-refractivity contribution in [3.8, 4) is 0 Å². The molecule has 0 saturated heterocycles. The Labute approximate surface area is 101 Å². The molecule has 6 heteroatoms. The van der Waals surface area contributed by atoms with Crippen LogP contribution >= 0.6 is 0 Å². The molecule has 0 aliphatic rings. The van der Waals surface area contributed by atoms with E-state index >= 15 is 0 Å². The van der Waals surface area contributed by atoms with Gasteiger partial charge in [0.25, 0.3) is 0 Å². The minimum atomic E-state index is -3.29. The molecule has 5 nitrogen and oxygen atoms in total. The van der Waals surface area contributed by atoms with E-state index in [-0.39, 0.29) is 5.92 Å². The summed E-state index contributed by atoms with van der Waals surface area (Å²) in [5.74, 6) is -0.797. The van der Waals surface area contributed by atoms with Crippen molar-refractivity contribution < 1.29 is 13.2 Å². The molecule has 0 bridgehead atoms. The fraction of sp³-hybridized carbons (Fsp3) is 0.364. The molecule has 1 rings (SSSR count). The standard InChI is InChI=1S/C11H16N2O3S/c1-7-6-9(8(2)11(12)14)4-5-10(7)13-17(3,15)16/h4-6,8,13H,1-3H3,(H2,12,14). The molecule has 0 heterocycles. The second-order valence-electron chi connectivity index (χ2n) is 4.07. The van der Waals surface area contributed by atoms with Gasteiger partial charge in [-0.3, -0.25) is 9.52 Å². The highest BCUT2D eigenvalue weighted by molar-refractivity contribution is 7.92. The van der Waals surface area contributed by atoms with Crippen LogP contribution in [0.15, 0.2) is 18.2 Å². The van der Waals surface area contributed by atoms with E-state index in [1.165, 1.54) is 0 Å². The smallest absolute Gasteiger partial charge is 0.229 e. The summed E-state index contributed by atoms with van der Waals surface area (Å²) in [4.78, 5) is 11.0. The zero-order valence-electron chi connectivity index (χ0n) is 10.0. The van der Waals surface area contributed by atoms with E-state index in [0.717, 1.165) is 17.4 Å². The molecule has 0 spiro atoms. The number of hydrogen-bond acceptors (Lipinski definition) is 3. The summed E-state index contributed by atoms with van der Waals surface area (Å²) >= 11 is 0. The van der Waals surface area contributed by atoms with Gasteiger partial charge >= 0.3 is 0 Å². The second kappa shape index (κ2) is 4.75. The number of nitrogens with one attached hydrogen (secondary N) is 1. The van der Waals surface area contributed by atoms with E-state index in [4.69, 9.17) is 5.73 Å². The predicted octanol–water partition coefficient (Wildman–Crippen LogP) is 0.955. The van der Waals surface area contributed by atoms with E-state index in [1.807, 2.05) is 0 Å². The molecule has 1 atom stereocenters. The van der Waals surface area contributed by atoms with Crippen LogP contribution in [0.2, 0.25) is 0 Å². The predicted molar refractivity (Wildman–Crippen MR) is 67.3 cm³/mol. The van der Waals surface area contributed by atoms with Crippen molar-refractivity contribution in [2.75, 3.05) is 11.0 Å². The number of primary amides is 1. The first-order valence-electron chi connectivity index (χ1n) is 5.08. The third kappa shape index (κ3) is 3.74. The lowest BCUT2D eigenvalue weighted by atomic mass is 9.98. The van der Waals surface area contributed by atoms with E-state index in [9.17, 15) is 13.2 Å². The third-order valence-corrected chi connectivity index (χ3v) is 3.06. The van der Waals surface area contributed by atoms with Crippen LogP contribution in [0.4, 0.5) is 5.69 Å². The average Bonchev–Trinajstić information content (AvgIpc) is 2.18. The molecule has 1 amide bonds. The highest BCUT2D eigenvalue weighted by Crippen LogP contribution is 2.22. The minimum absolute atomic E-state index is 0.388. The van der Waals surface area contributed by atoms with Crippen molar-refractivity contribution in [3.63, 3.8) is 0 Å². The Hall–Kier alpha value is -1.56. The van der Waals surface area contributed by atoms with Gasteiger partial charge in [0.05, 0.1) is 17.9 Å². The van der Waals surface area contributed by atoms with Crippen LogP contribution in [0.5, 0.6) is 0 Å². The highest BCUT2D eigenvalue weighted by Gasteiger charge is 2.13. The molecule has 1 unspecified atom stereocenters. The fourth-order valence-corrected chi connectivity index (χ4v) is 2.06. The summed E-state index contributed by atoms with van der Waals surface area (Å²) in [7, 11) is -3.29. The summed E-state index contributed by atoms with van der Waals surface area (Å²) in [5, 5.41) is 0. The van der Waals surface area contributed by atoms with Crippen molar-refractivity contribution >= 4 is 21.6 Å². The molecule has 1 aromatic rings. The number of benzene rings is 1. The summed E-state index contributed by atoms with van der Waals surface area (Å²) in [5.41, 5.74) is 7.24. The van der Waals surface area contributed by atoms with E-state index in [0.29, 0.717) is 5.69 Å². The van der Waals surface area contributed by atoms with Gasteiger partial charge in [0, 0.05) is 0 Å². The van der Waals surface area contributed by atoms with Crippen LogP contribution in [-0.4, -0.2) is 20.6 Å². The number of nitrogens with two attached hydrogens (primary N) is 1. The maximum absolute atomic E-state index is 11.1. The first-order chi connectivity index (χ1) is 7.70. The van der Waals surface area contributed by atoms with Gasteiger partial charge in [-0.1, -0.05) is 12.1 Å². The number of amides is 1. The number of sulfonamides is 1. The number of carbonyl (C=O) groups excluding carboxylic acids is 1. The molecule has 1 aromatic carbocycles. The lowest BCUT2D eigenvalue weighted by Crippen LogP contribution is -2.19. The van der Waals surface area contributed by atoms with Gasteiger partial charge < -0.3 is 5.73 Å². The Morgan fingerprint density at radius 3 is 2.41 bits per heavy atom. The first kappa shape index (κ1) is 13.5. The molecule has 0 aliphatic carbocycles. The molecule has 94 valence electrons. The van der Waals surface area contributed by atoms with Gasteiger partial charge in [0.15, 0.2) is 0 Å². The SMILES string of the molecule is Cc1cc(C(C)C(N)=O)ccc1NS(C)(=O)=O. The number of hydrogen-bond donors (Lipinski definition) is 2. The lowest BCUT2D eigenvalue weighted by Gasteiger charge is -2.12. The summed E-state index contributed by atoms with van der Waals surface area (Å²) in [6, 6.07) is 5.07. The van der Waals surface area contributed by atoms with Crippen molar-refractivity contribution in [1.29, 1.82) is 0 Å². The van der Waals surface area contributed by atoms with Crippen LogP contribution < -0.4 is 10.5 Å². The Morgan fingerprint density at radius 2 is 2.00 bits per heavy atom. The summed E-state index contributed by atoms with van der Waals surface area (Å²) in [6.07, 6.45) is 1.09. The van der Waals surface area contributed by atoms with Crippen molar-refractivity contribution in [2.45, 2.75) is 19.8 Å². The Balaban J connectivity index is 3.06. The lowest BCUT2D eigenvalue weighted by molar-refractivity contribution is -0.119. The van der Waals surface area contributed by atoms with Gasteiger partial charge in [-0.15, -0.1) is 0 Å². The molecule has 0 aromatic heterocycles. The minimum Gasteiger partial charge on any atom is -0.369 e. The van der Waals surface area contributed by atoms with Crippen molar-refractivity contribution in [1.82, 2.24) is 0 Å². The Morgan fingerprint density at radius 1 is 1.41 bits per heavy atom. The van der Waals surface area contributed by atoms with E-state index in [1.54, 1.807) is 32.0 Å². The first-order valence-corrected chi connectivity index (χ1v) is 6.97. The van der Waals surface area contributed by atoms with Gasteiger partial charge in [0.1, 0.15) is 0 Å². The Bertz CT molecular complexity index is 538. The monoisotopic (exact) mass is 256 g/mol. The maximum Gasteiger partial charge on any atom is 0.229 e. The molecule has 17 heavy (non-hydrogen) atoms. The van der Waals surface area contributed by atoms with Gasteiger partial charge in [-0.25, -0.2) is 8.42 Å². The molecule has 0 radical (unpaired) electrons. The number of aryl methyl sites for hydroxylation is 1. The normalized spacial score (nSPS) is 13.1. The molecular weight excluding hydrogens is 240 g/mol. The van der Waals surface area contributed by atoms with Gasteiger partial charge in [-0.05, 0) is 31.0 Å². The van der Waals surface area contributed by atoms with Crippen LogP contribution in [-0.2, 0) is 14.8 Å². The highest BCUT2D eigenvalue weighted by atomic mass is 32.2. The van der Waals surface area contributed by atoms with E-state index in [2.05, 4.69) is 4.72 Å². The Kier molecular flexibility index (Phi) is 3.77. The summed E-state index contributed by atoms with van der Waals surface area (Å²) in [6.45, 7) is 3.48. The van der Waals surface area contributed by atoms with Crippen LogP contribution in [0.25, 0.3) is 0 Å². The number of carbonyl (C=O) groups is 1. The molecule has 0 saturated carbocycles. The van der Waals surface area contributed by atoms with Crippen LogP contribution in [0.1, 0.15) is 24.0 Å². The third-order valence-electron chi connectivity index (χ3n) is 2.47. The zero-order chi connectivity index (χ0) is 13.2. The van der Waals surface area contributed by atoms with Gasteiger partial charge in [-0.2, -0.15) is 0 Å². The number of anilines is 1. The van der Waals surface area contributed by atoms with E-state index < -0.39 is 15.9 Å². The number of rotatable bonds is 4. The second-order valence-corrected chi connectivity index (χ2v) is 5.82. The van der Waals surface area contributed by atoms with Gasteiger partial charge in [0.2, 0.25) is 15.9 Å². The fourth-order valence-electron chi connectivity index (χ4n) is 1.43. The van der Waals surface area contributed by atoms with Crippen molar-refractivity contribution in [3.05, 3.63) is 29.3 Å². The topological polar surface area (TPSA) is 89.3 Å².